The van der Waals surface area contributed by atoms with Crippen molar-refractivity contribution in [2.24, 2.45) is 11.7 Å². The Hall–Kier alpha value is -0.340. The number of rotatable bonds is 2. The lowest BCUT2D eigenvalue weighted by molar-refractivity contribution is 0.809. The van der Waals surface area contributed by atoms with Gasteiger partial charge in [-0.15, -0.1) is 0 Å². The maximum absolute atomic E-state index is 5.63. The number of hydrogen-bond donors (Lipinski definition) is 1. The molecule has 1 fully saturated rings. The Kier molecular flexibility index (Phi) is 2.43. The first kappa shape index (κ1) is 9.22. The second kappa shape index (κ2) is 3.43. The number of benzene rings is 1. The van der Waals surface area contributed by atoms with Crippen LogP contribution >= 0.6 is 15.9 Å². The van der Waals surface area contributed by atoms with Crippen LogP contribution in [0.1, 0.15) is 23.5 Å². The van der Waals surface area contributed by atoms with Crippen LogP contribution in [0.4, 0.5) is 0 Å². The monoisotopic (exact) mass is 239 g/mol. The molecule has 1 aromatic rings. The largest absolute Gasteiger partial charge is 0.330 e. The Morgan fingerprint density at radius 1 is 1.46 bits per heavy atom. The average molecular weight is 240 g/mol. The molecule has 0 saturated heterocycles. The first-order valence-electron chi connectivity index (χ1n) is 4.68. The van der Waals surface area contributed by atoms with Crippen molar-refractivity contribution in [3.8, 4) is 0 Å². The number of hydrogen-bond acceptors (Lipinski definition) is 1. The van der Waals surface area contributed by atoms with E-state index in [0.29, 0.717) is 0 Å². The zero-order valence-corrected chi connectivity index (χ0v) is 9.34. The summed E-state index contributed by atoms with van der Waals surface area (Å²) in [6.45, 7) is 2.96. The van der Waals surface area contributed by atoms with Crippen LogP contribution in [0.2, 0.25) is 0 Å². The van der Waals surface area contributed by atoms with Gasteiger partial charge in [-0.3, -0.25) is 0 Å². The molecule has 2 atom stereocenters. The highest BCUT2D eigenvalue weighted by Crippen LogP contribution is 2.47. The Labute approximate surface area is 87.5 Å². The summed E-state index contributed by atoms with van der Waals surface area (Å²) < 4.78 is 1.19. The van der Waals surface area contributed by atoms with Crippen LogP contribution in [0.5, 0.6) is 0 Å². The van der Waals surface area contributed by atoms with E-state index in [1.807, 2.05) is 0 Å². The fraction of sp³-hybridized carbons (Fsp3) is 0.455. The molecule has 0 spiro atoms. The maximum Gasteiger partial charge on any atom is 0.0180 e. The summed E-state index contributed by atoms with van der Waals surface area (Å²) >= 11 is 3.52. The standard InChI is InChI=1S/C11H14BrN/c1-7-2-8(4-10(12)3-7)11-5-9(11)6-13/h2-4,9,11H,5-6,13H2,1H3. The smallest absolute Gasteiger partial charge is 0.0180 e. The molecule has 13 heavy (non-hydrogen) atoms. The second-order valence-corrected chi connectivity index (χ2v) is 4.82. The molecule has 1 aliphatic carbocycles. The summed E-state index contributed by atoms with van der Waals surface area (Å²) in [7, 11) is 0. The lowest BCUT2D eigenvalue weighted by Gasteiger charge is -2.02. The van der Waals surface area contributed by atoms with E-state index in [-0.39, 0.29) is 0 Å². The van der Waals surface area contributed by atoms with Gasteiger partial charge in [0.1, 0.15) is 0 Å². The van der Waals surface area contributed by atoms with Crippen LogP contribution in [0, 0.1) is 12.8 Å². The van der Waals surface area contributed by atoms with Crippen LogP contribution in [-0.2, 0) is 0 Å². The minimum absolute atomic E-state index is 0.723. The highest BCUT2D eigenvalue weighted by molar-refractivity contribution is 9.10. The zero-order valence-electron chi connectivity index (χ0n) is 7.76. The van der Waals surface area contributed by atoms with E-state index in [4.69, 9.17) is 5.73 Å². The Bertz CT molecular complexity index is 302. The van der Waals surface area contributed by atoms with E-state index in [1.54, 1.807) is 0 Å². The SMILES string of the molecule is Cc1cc(Br)cc(C2CC2CN)c1. The van der Waals surface area contributed by atoms with Crippen LogP contribution in [0.25, 0.3) is 0 Å². The van der Waals surface area contributed by atoms with Crippen molar-refractivity contribution in [3.63, 3.8) is 0 Å². The summed E-state index contributed by atoms with van der Waals surface area (Å²) in [4.78, 5) is 0. The van der Waals surface area contributed by atoms with E-state index < -0.39 is 0 Å². The Morgan fingerprint density at radius 2 is 2.23 bits per heavy atom. The fourth-order valence-corrected chi connectivity index (χ4v) is 2.52. The molecule has 0 amide bonds. The maximum atomic E-state index is 5.63. The van der Waals surface area contributed by atoms with Gasteiger partial charge in [-0.05, 0) is 55.0 Å². The van der Waals surface area contributed by atoms with Gasteiger partial charge in [-0.2, -0.15) is 0 Å². The third kappa shape index (κ3) is 1.94. The minimum atomic E-state index is 0.723. The molecular formula is C11H14BrN. The fourth-order valence-electron chi connectivity index (χ4n) is 1.90. The molecule has 2 unspecified atom stereocenters. The lowest BCUT2D eigenvalue weighted by atomic mass is 10.1. The molecule has 2 rings (SSSR count). The van der Waals surface area contributed by atoms with Gasteiger partial charge in [0.05, 0.1) is 0 Å². The van der Waals surface area contributed by atoms with Crippen molar-refractivity contribution >= 4 is 15.9 Å². The molecule has 0 heterocycles. The van der Waals surface area contributed by atoms with Gasteiger partial charge >= 0.3 is 0 Å². The highest BCUT2D eigenvalue weighted by Gasteiger charge is 2.36. The third-order valence-corrected chi connectivity index (χ3v) is 3.18. The molecule has 0 bridgehead atoms. The van der Waals surface area contributed by atoms with Crippen molar-refractivity contribution in [3.05, 3.63) is 33.8 Å². The minimum Gasteiger partial charge on any atom is -0.330 e. The van der Waals surface area contributed by atoms with Gasteiger partial charge in [-0.25, -0.2) is 0 Å². The van der Waals surface area contributed by atoms with E-state index in [0.717, 1.165) is 18.4 Å². The number of nitrogens with two attached hydrogens (primary N) is 1. The highest BCUT2D eigenvalue weighted by atomic mass is 79.9. The molecule has 0 aliphatic heterocycles. The molecule has 1 aliphatic rings. The second-order valence-electron chi connectivity index (χ2n) is 3.90. The van der Waals surface area contributed by atoms with Gasteiger partial charge in [0.2, 0.25) is 0 Å². The third-order valence-electron chi connectivity index (χ3n) is 2.72. The predicted octanol–water partition coefficient (Wildman–Crippen LogP) is 2.82. The van der Waals surface area contributed by atoms with Gasteiger partial charge < -0.3 is 5.73 Å². The van der Waals surface area contributed by atoms with Crippen LogP contribution < -0.4 is 5.73 Å². The van der Waals surface area contributed by atoms with Crippen LogP contribution in [-0.4, -0.2) is 6.54 Å². The number of aryl methyl sites for hydroxylation is 1. The van der Waals surface area contributed by atoms with Gasteiger partial charge in [0.25, 0.3) is 0 Å². The molecule has 0 radical (unpaired) electrons. The molecule has 2 N–H and O–H groups in total. The predicted molar refractivity (Wildman–Crippen MR) is 58.8 cm³/mol. The van der Waals surface area contributed by atoms with E-state index >= 15 is 0 Å². The summed E-state index contributed by atoms with van der Waals surface area (Å²) in [6.07, 6.45) is 1.27. The quantitative estimate of drug-likeness (QED) is 0.845. The molecule has 1 saturated carbocycles. The lowest BCUT2D eigenvalue weighted by Crippen LogP contribution is -2.01. The van der Waals surface area contributed by atoms with Gasteiger partial charge in [0.15, 0.2) is 0 Å². The van der Waals surface area contributed by atoms with Crippen LogP contribution in [0.15, 0.2) is 22.7 Å². The van der Waals surface area contributed by atoms with E-state index in [1.165, 1.54) is 22.0 Å². The molecule has 70 valence electrons. The first-order chi connectivity index (χ1) is 6.20. The van der Waals surface area contributed by atoms with E-state index in [2.05, 4.69) is 41.1 Å². The van der Waals surface area contributed by atoms with Gasteiger partial charge in [0, 0.05) is 4.47 Å². The molecule has 2 heteroatoms. The topological polar surface area (TPSA) is 26.0 Å². The van der Waals surface area contributed by atoms with E-state index in [9.17, 15) is 0 Å². The van der Waals surface area contributed by atoms with Crippen molar-refractivity contribution in [2.75, 3.05) is 6.54 Å². The summed E-state index contributed by atoms with van der Waals surface area (Å²) in [5.74, 6) is 1.45. The Morgan fingerprint density at radius 3 is 2.77 bits per heavy atom. The molecular weight excluding hydrogens is 226 g/mol. The molecule has 1 nitrogen and oxygen atoms in total. The summed E-state index contributed by atoms with van der Waals surface area (Å²) in [6, 6.07) is 6.63. The van der Waals surface area contributed by atoms with Crippen molar-refractivity contribution in [1.29, 1.82) is 0 Å². The average Bonchev–Trinajstić information content (AvgIpc) is 2.80. The summed E-state index contributed by atoms with van der Waals surface area (Å²) in [5, 5.41) is 0. The summed E-state index contributed by atoms with van der Waals surface area (Å²) in [5.41, 5.74) is 8.40. The van der Waals surface area contributed by atoms with Crippen molar-refractivity contribution in [1.82, 2.24) is 0 Å². The van der Waals surface area contributed by atoms with Crippen molar-refractivity contribution in [2.45, 2.75) is 19.3 Å². The first-order valence-corrected chi connectivity index (χ1v) is 5.47. The zero-order chi connectivity index (χ0) is 9.42. The normalized spacial score (nSPS) is 26.1. The Balaban J connectivity index is 2.22. The number of halogens is 1. The van der Waals surface area contributed by atoms with Crippen LogP contribution in [0.3, 0.4) is 0 Å². The van der Waals surface area contributed by atoms with Gasteiger partial charge in [-0.1, -0.05) is 22.0 Å². The van der Waals surface area contributed by atoms with Crippen molar-refractivity contribution < 1.29 is 0 Å². The molecule has 1 aromatic carbocycles. The molecule has 0 aromatic heterocycles.